The number of nitro groups is 1. The number of fused-ring (bicyclic) bond motifs is 1. The summed E-state index contributed by atoms with van der Waals surface area (Å²) in [4.78, 5) is 26.8. The number of aliphatic imine (C=N–C) groups is 1. The van der Waals surface area contributed by atoms with Crippen molar-refractivity contribution in [2.24, 2.45) is 4.99 Å². The highest BCUT2D eigenvalue weighted by molar-refractivity contribution is 6.55. The molecule has 3 rings (SSSR count). The molecule has 0 unspecified atom stereocenters. The predicted octanol–water partition coefficient (Wildman–Crippen LogP) is 3.63. The molecule has 1 aliphatic rings. The van der Waals surface area contributed by atoms with Crippen LogP contribution >= 0.6 is 11.6 Å². The van der Waals surface area contributed by atoms with E-state index in [1.165, 1.54) is 6.07 Å². The third-order valence-electron chi connectivity index (χ3n) is 3.35. The number of anilines is 1. The second-order valence-corrected chi connectivity index (χ2v) is 5.21. The molecule has 0 saturated heterocycles. The molecule has 0 saturated carbocycles. The van der Waals surface area contributed by atoms with Crippen molar-refractivity contribution < 1.29 is 9.72 Å². The summed E-state index contributed by atoms with van der Waals surface area (Å²) in [6.45, 7) is 1.65. The number of rotatable bonds is 2. The molecule has 0 bridgehead atoms. The van der Waals surface area contributed by atoms with E-state index in [0.717, 1.165) is 0 Å². The Labute approximate surface area is 130 Å². The Morgan fingerprint density at radius 2 is 2.05 bits per heavy atom. The topological polar surface area (TPSA) is 84.6 Å². The van der Waals surface area contributed by atoms with Crippen LogP contribution < -0.4 is 5.32 Å². The lowest BCUT2D eigenvalue weighted by Gasteiger charge is -2.01. The monoisotopic (exact) mass is 315 g/mol. The van der Waals surface area contributed by atoms with E-state index in [2.05, 4.69) is 10.3 Å². The van der Waals surface area contributed by atoms with Crippen molar-refractivity contribution in [2.75, 3.05) is 5.32 Å². The largest absolute Gasteiger partial charge is 0.319 e. The van der Waals surface area contributed by atoms with E-state index >= 15 is 0 Å². The van der Waals surface area contributed by atoms with Crippen molar-refractivity contribution in [3.05, 3.63) is 62.7 Å². The summed E-state index contributed by atoms with van der Waals surface area (Å²) in [6.07, 6.45) is 0. The molecule has 1 aliphatic heterocycles. The second kappa shape index (κ2) is 5.23. The first-order chi connectivity index (χ1) is 10.5. The summed E-state index contributed by atoms with van der Waals surface area (Å²) < 4.78 is 0. The van der Waals surface area contributed by atoms with Gasteiger partial charge in [0.25, 0.3) is 11.6 Å². The molecule has 1 heterocycles. The van der Waals surface area contributed by atoms with Crippen LogP contribution in [0.1, 0.15) is 11.1 Å². The Hall–Kier alpha value is -2.73. The van der Waals surface area contributed by atoms with Crippen molar-refractivity contribution in [3.63, 3.8) is 0 Å². The van der Waals surface area contributed by atoms with Crippen LogP contribution in [-0.2, 0) is 4.79 Å². The smallest absolute Gasteiger partial charge is 0.275 e. The van der Waals surface area contributed by atoms with Gasteiger partial charge in [-0.3, -0.25) is 14.9 Å². The van der Waals surface area contributed by atoms with Gasteiger partial charge in [-0.25, -0.2) is 4.99 Å². The maximum atomic E-state index is 12.0. The molecular formula is C15H10ClN3O3. The van der Waals surface area contributed by atoms with Crippen LogP contribution in [0, 0.1) is 17.0 Å². The molecule has 1 amide bonds. The van der Waals surface area contributed by atoms with Crippen molar-refractivity contribution >= 4 is 40.3 Å². The van der Waals surface area contributed by atoms with E-state index < -0.39 is 4.92 Å². The van der Waals surface area contributed by atoms with Crippen LogP contribution in [0.3, 0.4) is 0 Å². The van der Waals surface area contributed by atoms with Gasteiger partial charge >= 0.3 is 0 Å². The molecule has 22 heavy (non-hydrogen) atoms. The number of carbonyl (C=O) groups is 1. The minimum Gasteiger partial charge on any atom is -0.319 e. The number of hydrogen-bond donors (Lipinski definition) is 1. The van der Waals surface area contributed by atoms with Crippen molar-refractivity contribution in [1.82, 2.24) is 0 Å². The molecule has 0 radical (unpaired) electrons. The second-order valence-electron chi connectivity index (χ2n) is 4.80. The van der Waals surface area contributed by atoms with Crippen LogP contribution in [0.4, 0.5) is 17.1 Å². The molecule has 0 spiro atoms. The van der Waals surface area contributed by atoms with Crippen molar-refractivity contribution in [2.45, 2.75) is 6.92 Å². The lowest BCUT2D eigenvalue weighted by Crippen LogP contribution is -2.13. The van der Waals surface area contributed by atoms with Gasteiger partial charge in [-0.2, -0.15) is 0 Å². The minimum absolute atomic E-state index is 0.0356. The van der Waals surface area contributed by atoms with Gasteiger partial charge in [0.2, 0.25) is 0 Å². The number of nitrogens with zero attached hydrogens (tertiary/aromatic N) is 2. The van der Waals surface area contributed by atoms with Gasteiger partial charge in [0.1, 0.15) is 5.71 Å². The molecule has 0 atom stereocenters. The standard InChI is InChI=1S/C15H10ClN3O3/c1-8-5-6-9(7-12(8)19(21)22)17-14-10-3-2-4-11(16)13(10)18-15(14)20/h2-7H,1H3,(H,17,18,20). The highest BCUT2D eigenvalue weighted by atomic mass is 35.5. The zero-order chi connectivity index (χ0) is 15.9. The minimum atomic E-state index is -0.474. The van der Waals surface area contributed by atoms with Crippen molar-refractivity contribution in [3.8, 4) is 0 Å². The van der Waals surface area contributed by atoms with Gasteiger partial charge in [-0.15, -0.1) is 0 Å². The normalized spacial score (nSPS) is 14.8. The summed E-state index contributed by atoms with van der Waals surface area (Å²) in [5, 5.41) is 14.1. The van der Waals surface area contributed by atoms with Gasteiger partial charge in [0.15, 0.2) is 0 Å². The number of para-hydroxylation sites is 1. The molecule has 7 heteroatoms. The lowest BCUT2D eigenvalue weighted by molar-refractivity contribution is -0.385. The summed E-state index contributed by atoms with van der Waals surface area (Å²) in [5.74, 6) is -0.383. The zero-order valence-electron chi connectivity index (χ0n) is 11.5. The fourth-order valence-corrected chi connectivity index (χ4v) is 2.47. The zero-order valence-corrected chi connectivity index (χ0v) is 12.2. The van der Waals surface area contributed by atoms with E-state index in [4.69, 9.17) is 11.6 Å². The third-order valence-corrected chi connectivity index (χ3v) is 3.67. The van der Waals surface area contributed by atoms with E-state index in [9.17, 15) is 14.9 Å². The van der Waals surface area contributed by atoms with E-state index in [0.29, 0.717) is 27.5 Å². The number of aryl methyl sites for hydroxylation is 1. The Kier molecular flexibility index (Phi) is 3.38. The Morgan fingerprint density at radius 1 is 1.27 bits per heavy atom. The highest BCUT2D eigenvalue weighted by Gasteiger charge is 2.27. The Balaban J connectivity index is 2.11. The van der Waals surface area contributed by atoms with E-state index in [1.54, 1.807) is 37.3 Å². The fourth-order valence-electron chi connectivity index (χ4n) is 2.25. The number of amides is 1. The van der Waals surface area contributed by atoms with Crippen LogP contribution in [0.25, 0.3) is 0 Å². The fraction of sp³-hybridized carbons (Fsp3) is 0.0667. The lowest BCUT2D eigenvalue weighted by atomic mass is 10.1. The maximum absolute atomic E-state index is 12.0. The number of halogens is 1. The molecule has 0 aliphatic carbocycles. The summed E-state index contributed by atoms with van der Waals surface area (Å²) in [6, 6.07) is 9.68. The summed E-state index contributed by atoms with van der Waals surface area (Å²) in [5.41, 5.74) is 2.13. The Bertz CT molecular complexity index is 846. The molecule has 6 nitrogen and oxygen atoms in total. The van der Waals surface area contributed by atoms with Crippen molar-refractivity contribution in [1.29, 1.82) is 0 Å². The highest BCUT2D eigenvalue weighted by Crippen LogP contribution is 2.33. The van der Waals surface area contributed by atoms with Gasteiger partial charge < -0.3 is 5.32 Å². The average Bonchev–Trinajstić information content (AvgIpc) is 2.79. The van der Waals surface area contributed by atoms with Gasteiger partial charge in [0, 0.05) is 17.2 Å². The van der Waals surface area contributed by atoms with Crippen LogP contribution in [0.15, 0.2) is 41.4 Å². The quantitative estimate of drug-likeness (QED) is 0.678. The van der Waals surface area contributed by atoms with E-state index in [-0.39, 0.29) is 17.3 Å². The molecular weight excluding hydrogens is 306 g/mol. The van der Waals surface area contributed by atoms with Crippen LogP contribution in [-0.4, -0.2) is 16.5 Å². The molecule has 0 fully saturated rings. The van der Waals surface area contributed by atoms with Gasteiger partial charge in [-0.05, 0) is 19.1 Å². The number of nitro benzene ring substituents is 1. The SMILES string of the molecule is Cc1ccc(N=C2C(=O)Nc3c(Cl)cccc32)cc1[N+](=O)[O-]. The number of benzene rings is 2. The first-order valence-electron chi connectivity index (χ1n) is 6.41. The predicted molar refractivity (Wildman–Crippen MR) is 84.1 cm³/mol. The molecule has 1 N–H and O–H groups in total. The van der Waals surface area contributed by atoms with E-state index in [1.807, 2.05) is 0 Å². The summed E-state index contributed by atoms with van der Waals surface area (Å²) >= 11 is 6.03. The number of carbonyl (C=O) groups excluding carboxylic acids is 1. The first kappa shape index (κ1) is 14.2. The van der Waals surface area contributed by atoms with Crippen LogP contribution in [0.5, 0.6) is 0 Å². The maximum Gasteiger partial charge on any atom is 0.275 e. The Morgan fingerprint density at radius 3 is 2.77 bits per heavy atom. The first-order valence-corrected chi connectivity index (χ1v) is 6.79. The molecule has 0 aromatic heterocycles. The molecule has 2 aromatic rings. The number of hydrogen-bond acceptors (Lipinski definition) is 4. The average molecular weight is 316 g/mol. The number of nitrogens with one attached hydrogen (secondary N) is 1. The molecule has 2 aromatic carbocycles. The van der Waals surface area contributed by atoms with Gasteiger partial charge in [0.05, 0.1) is 21.3 Å². The van der Waals surface area contributed by atoms with Gasteiger partial charge in [-0.1, -0.05) is 29.8 Å². The molecule has 110 valence electrons. The summed E-state index contributed by atoms with van der Waals surface area (Å²) in [7, 11) is 0. The van der Waals surface area contributed by atoms with Crippen LogP contribution in [0.2, 0.25) is 5.02 Å². The third kappa shape index (κ3) is 2.33.